The first-order valence-electron chi connectivity index (χ1n) is 6.65. The van der Waals surface area contributed by atoms with Crippen LogP contribution >= 0.6 is 22.9 Å². The van der Waals surface area contributed by atoms with Crippen LogP contribution < -0.4 is 4.74 Å². The molecule has 1 amide bonds. The molecule has 1 fully saturated rings. The molecule has 6 nitrogen and oxygen atoms in total. The number of carbonyl (C=O) groups is 1. The fraction of sp³-hybridized carbons (Fsp3) is 0.357. The highest BCUT2D eigenvalue weighted by molar-refractivity contribution is 7.13. The van der Waals surface area contributed by atoms with Crippen molar-refractivity contribution in [1.82, 2.24) is 14.9 Å². The third-order valence-corrected chi connectivity index (χ3v) is 4.37. The highest BCUT2D eigenvalue weighted by Gasteiger charge is 2.33. The van der Waals surface area contributed by atoms with Gasteiger partial charge in [0, 0.05) is 23.2 Å². The summed E-state index contributed by atoms with van der Waals surface area (Å²) in [5.74, 6) is 0.623. The van der Waals surface area contributed by atoms with Crippen molar-refractivity contribution < 1.29 is 14.3 Å². The van der Waals surface area contributed by atoms with Gasteiger partial charge in [0.1, 0.15) is 27.7 Å². The summed E-state index contributed by atoms with van der Waals surface area (Å²) in [4.78, 5) is 21.5. The normalized spacial score (nSPS) is 14.6. The fourth-order valence-electron chi connectivity index (χ4n) is 2.11. The van der Waals surface area contributed by atoms with Gasteiger partial charge in [0.2, 0.25) is 0 Å². The van der Waals surface area contributed by atoms with Gasteiger partial charge in [0.05, 0.1) is 20.2 Å². The van der Waals surface area contributed by atoms with Crippen molar-refractivity contribution in [2.45, 2.75) is 13.0 Å². The van der Waals surface area contributed by atoms with Crippen molar-refractivity contribution >= 4 is 29.0 Å². The molecule has 1 aliphatic heterocycles. The summed E-state index contributed by atoms with van der Waals surface area (Å²) < 4.78 is 10.5. The Hall–Kier alpha value is -1.86. The number of amides is 1. The molecule has 0 unspecified atom stereocenters. The van der Waals surface area contributed by atoms with E-state index in [1.807, 2.05) is 18.4 Å². The first-order valence-corrected chi connectivity index (χ1v) is 7.90. The zero-order valence-electron chi connectivity index (χ0n) is 12.1. The summed E-state index contributed by atoms with van der Waals surface area (Å²) in [5, 5.41) is 3.11. The zero-order chi connectivity index (χ0) is 15.7. The van der Waals surface area contributed by atoms with Gasteiger partial charge in [-0.05, 0) is 6.92 Å². The van der Waals surface area contributed by atoms with E-state index in [9.17, 15) is 4.79 Å². The summed E-state index contributed by atoms with van der Waals surface area (Å²) in [7, 11) is 1.36. The number of methoxy groups -OCH3 is 1. The Labute approximate surface area is 136 Å². The minimum atomic E-state index is -0.341. The van der Waals surface area contributed by atoms with Gasteiger partial charge in [0.25, 0.3) is 0 Å². The summed E-state index contributed by atoms with van der Waals surface area (Å²) >= 11 is 7.56. The van der Waals surface area contributed by atoms with E-state index in [2.05, 4.69) is 14.7 Å². The number of hydrogen-bond donors (Lipinski definition) is 0. The largest absolute Gasteiger partial charge is 0.487 e. The van der Waals surface area contributed by atoms with Crippen LogP contribution in [0.15, 0.2) is 17.5 Å². The number of likely N-dealkylation sites (tertiary alicyclic amines) is 1. The molecule has 0 N–H and O–H groups in total. The van der Waals surface area contributed by atoms with Crippen LogP contribution in [0.1, 0.15) is 5.69 Å². The monoisotopic (exact) mass is 339 g/mol. The van der Waals surface area contributed by atoms with E-state index in [1.165, 1.54) is 18.4 Å². The minimum Gasteiger partial charge on any atom is -0.487 e. The average Bonchev–Trinajstić information content (AvgIpc) is 2.88. The molecular formula is C14H14ClN3O3S. The van der Waals surface area contributed by atoms with Crippen LogP contribution in [0.2, 0.25) is 5.15 Å². The van der Waals surface area contributed by atoms with Crippen LogP contribution in [0.5, 0.6) is 5.75 Å². The lowest BCUT2D eigenvalue weighted by atomic mass is 10.2. The Kier molecular flexibility index (Phi) is 4.17. The minimum absolute atomic E-state index is 0.0663. The van der Waals surface area contributed by atoms with Crippen molar-refractivity contribution in [3.8, 4) is 16.5 Å². The highest BCUT2D eigenvalue weighted by Crippen LogP contribution is 2.29. The number of halogens is 1. The summed E-state index contributed by atoms with van der Waals surface area (Å²) in [5.41, 5.74) is 1.63. The van der Waals surface area contributed by atoms with Crippen LogP contribution in [0.25, 0.3) is 10.7 Å². The zero-order valence-corrected chi connectivity index (χ0v) is 13.6. The quantitative estimate of drug-likeness (QED) is 0.804. The van der Waals surface area contributed by atoms with E-state index in [-0.39, 0.29) is 12.2 Å². The number of rotatable bonds is 3. The van der Waals surface area contributed by atoms with Crippen LogP contribution in [0.4, 0.5) is 4.79 Å². The van der Waals surface area contributed by atoms with Gasteiger partial charge in [0.15, 0.2) is 0 Å². The molecule has 3 rings (SSSR count). The molecule has 1 aliphatic rings. The van der Waals surface area contributed by atoms with Crippen molar-refractivity contribution in [2.75, 3.05) is 20.2 Å². The van der Waals surface area contributed by atoms with Gasteiger partial charge in [-0.2, -0.15) is 0 Å². The molecule has 0 atom stereocenters. The van der Waals surface area contributed by atoms with E-state index >= 15 is 0 Å². The fourth-order valence-corrected chi connectivity index (χ4v) is 3.06. The molecule has 0 aromatic carbocycles. The van der Waals surface area contributed by atoms with Gasteiger partial charge in [-0.1, -0.05) is 11.6 Å². The lowest BCUT2D eigenvalue weighted by molar-refractivity contribution is 0.0183. The predicted octanol–water partition coefficient (Wildman–Crippen LogP) is 3.00. The van der Waals surface area contributed by atoms with Crippen LogP contribution in [0.3, 0.4) is 0 Å². The SMILES string of the molecule is COC(=O)N1CC(Oc2cc(Cl)nc(-c3nc(C)cs3)c2)C1. The topological polar surface area (TPSA) is 64.5 Å². The van der Waals surface area contributed by atoms with Crippen LogP contribution in [-0.2, 0) is 4.74 Å². The van der Waals surface area contributed by atoms with E-state index < -0.39 is 0 Å². The molecule has 0 bridgehead atoms. The van der Waals surface area contributed by atoms with Crippen molar-refractivity contribution in [3.63, 3.8) is 0 Å². The molecule has 2 aromatic rings. The van der Waals surface area contributed by atoms with Crippen LogP contribution in [-0.4, -0.2) is 47.3 Å². The Balaban J connectivity index is 1.70. The van der Waals surface area contributed by atoms with Crippen molar-refractivity contribution in [3.05, 3.63) is 28.4 Å². The predicted molar refractivity (Wildman–Crippen MR) is 83.5 cm³/mol. The van der Waals surface area contributed by atoms with E-state index in [1.54, 1.807) is 11.0 Å². The number of hydrogen-bond acceptors (Lipinski definition) is 6. The first kappa shape index (κ1) is 15.1. The second-order valence-corrected chi connectivity index (χ2v) is 6.17. The van der Waals surface area contributed by atoms with Crippen LogP contribution in [0, 0.1) is 6.92 Å². The Morgan fingerprint density at radius 1 is 1.41 bits per heavy atom. The average molecular weight is 340 g/mol. The molecule has 1 saturated heterocycles. The molecule has 0 aliphatic carbocycles. The summed E-state index contributed by atoms with van der Waals surface area (Å²) in [6.45, 7) is 2.92. The third-order valence-electron chi connectivity index (χ3n) is 3.19. The summed E-state index contributed by atoms with van der Waals surface area (Å²) in [6.07, 6.45) is -0.407. The number of aromatic nitrogens is 2. The molecule has 3 heterocycles. The number of nitrogens with zero attached hydrogens (tertiary/aromatic N) is 3. The second-order valence-electron chi connectivity index (χ2n) is 4.92. The molecule has 0 radical (unpaired) electrons. The maximum absolute atomic E-state index is 11.3. The highest BCUT2D eigenvalue weighted by atomic mass is 35.5. The molecule has 2 aromatic heterocycles. The van der Waals surface area contributed by atoms with Gasteiger partial charge < -0.3 is 14.4 Å². The van der Waals surface area contributed by atoms with Gasteiger partial charge in [-0.3, -0.25) is 0 Å². The molecule has 0 spiro atoms. The van der Waals surface area contributed by atoms with E-state index in [4.69, 9.17) is 16.3 Å². The maximum atomic E-state index is 11.3. The van der Waals surface area contributed by atoms with Gasteiger partial charge in [-0.25, -0.2) is 14.8 Å². The molecule has 0 saturated carbocycles. The number of ether oxygens (including phenoxy) is 2. The lowest BCUT2D eigenvalue weighted by Crippen LogP contribution is -2.56. The second kappa shape index (κ2) is 6.10. The Morgan fingerprint density at radius 3 is 2.82 bits per heavy atom. The molecule has 8 heteroatoms. The molecule has 22 heavy (non-hydrogen) atoms. The Bertz CT molecular complexity index is 700. The smallest absolute Gasteiger partial charge is 0.409 e. The third kappa shape index (κ3) is 3.15. The van der Waals surface area contributed by atoms with E-state index in [0.717, 1.165) is 10.7 Å². The maximum Gasteiger partial charge on any atom is 0.409 e. The number of pyridine rings is 1. The standard InChI is InChI=1S/C14H14ClN3O3S/c1-8-7-22-13(16-8)11-3-9(4-12(15)17-11)21-10-5-18(6-10)14(19)20-2/h3-4,7,10H,5-6H2,1-2H3. The van der Waals surface area contributed by atoms with Gasteiger partial charge >= 0.3 is 6.09 Å². The number of thiazole rings is 1. The lowest BCUT2D eigenvalue weighted by Gasteiger charge is -2.37. The Morgan fingerprint density at radius 2 is 2.18 bits per heavy atom. The number of carbonyl (C=O) groups excluding carboxylic acids is 1. The van der Waals surface area contributed by atoms with Crippen molar-refractivity contribution in [1.29, 1.82) is 0 Å². The molecule has 116 valence electrons. The molecular weight excluding hydrogens is 326 g/mol. The summed E-state index contributed by atoms with van der Waals surface area (Å²) in [6, 6.07) is 3.47. The first-order chi connectivity index (χ1) is 10.5. The van der Waals surface area contributed by atoms with Gasteiger partial charge in [-0.15, -0.1) is 11.3 Å². The number of aryl methyl sites for hydroxylation is 1. The van der Waals surface area contributed by atoms with E-state index in [0.29, 0.717) is 29.7 Å². The van der Waals surface area contributed by atoms with Crippen molar-refractivity contribution in [2.24, 2.45) is 0 Å².